The molecule has 2 rings (SSSR count). The molecule has 1 fully saturated rings. The molecule has 1 saturated heterocycles. The topological polar surface area (TPSA) is 97.8 Å². The molecule has 148 valence electrons. The summed E-state index contributed by atoms with van der Waals surface area (Å²) in [5, 5.41) is 3.24. The molecule has 0 atom stereocenters. The molecule has 0 spiro atoms. The molecule has 0 radical (unpaired) electrons. The average molecular weight is 478 g/mol. The fraction of sp³-hybridized carbons (Fsp3) is 0.706. The van der Waals surface area contributed by atoms with Gasteiger partial charge in [0, 0.05) is 38.1 Å². The quantitative estimate of drug-likeness (QED) is 0.371. The molecule has 0 saturated carbocycles. The highest BCUT2D eigenvalue weighted by atomic mass is 127. The van der Waals surface area contributed by atoms with Crippen molar-refractivity contribution in [1.82, 2.24) is 19.8 Å². The van der Waals surface area contributed by atoms with Gasteiger partial charge in [-0.15, -0.1) is 24.0 Å². The molecule has 0 aliphatic carbocycles. The summed E-state index contributed by atoms with van der Waals surface area (Å²) in [7, 11) is 0. The van der Waals surface area contributed by atoms with Gasteiger partial charge in [0.2, 0.25) is 0 Å². The number of amides is 1. The third kappa shape index (κ3) is 7.00. The monoisotopic (exact) mass is 478 g/mol. The minimum atomic E-state index is -0.237. The van der Waals surface area contributed by atoms with E-state index in [2.05, 4.69) is 33.7 Å². The summed E-state index contributed by atoms with van der Waals surface area (Å²) in [5.41, 5.74) is 6.01. The zero-order valence-electron chi connectivity index (χ0n) is 15.9. The summed E-state index contributed by atoms with van der Waals surface area (Å²) in [6.07, 6.45) is 5.19. The Morgan fingerprint density at radius 3 is 2.77 bits per heavy atom. The van der Waals surface area contributed by atoms with Crippen molar-refractivity contribution in [3.05, 3.63) is 18.2 Å². The van der Waals surface area contributed by atoms with E-state index in [1.165, 1.54) is 0 Å². The lowest BCUT2D eigenvalue weighted by Crippen LogP contribution is -2.48. The number of nitrogens with one attached hydrogen (secondary N) is 1. The number of nitrogens with zero attached hydrogens (tertiary/aromatic N) is 4. The third-order valence-electron chi connectivity index (χ3n) is 4.13. The summed E-state index contributed by atoms with van der Waals surface area (Å²) >= 11 is 0. The van der Waals surface area contributed by atoms with Crippen LogP contribution < -0.4 is 11.1 Å². The van der Waals surface area contributed by atoms with E-state index < -0.39 is 0 Å². The molecule has 1 aromatic rings. The van der Waals surface area contributed by atoms with Crippen LogP contribution in [0.2, 0.25) is 0 Å². The predicted molar refractivity (Wildman–Crippen MR) is 113 cm³/mol. The zero-order valence-corrected chi connectivity index (χ0v) is 18.2. The van der Waals surface area contributed by atoms with E-state index in [0.29, 0.717) is 38.1 Å². The van der Waals surface area contributed by atoms with Crippen molar-refractivity contribution < 1.29 is 9.53 Å². The molecule has 0 bridgehead atoms. The second-order valence-corrected chi connectivity index (χ2v) is 6.70. The summed E-state index contributed by atoms with van der Waals surface area (Å²) in [6, 6.07) is 0.227. The van der Waals surface area contributed by atoms with Crippen LogP contribution in [0.5, 0.6) is 0 Å². The van der Waals surface area contributed by atoms with Crippen LogP contribution in [0.4, 0.5) is 4.79 Å². The summed E-state index contributed by atoms with van der Waals surface area (Å²) in [5.74, 6) is 1.89. The summed E-state index contributed by atoms with van der Waals surface area (Å²) in [6.45, 7) is 9.28. The standard InChI is InChI=1S/C17H30N6O2.HI/c1-4-25-17(24)22-8-5-14(6-9-22)21-16(18)20-11-15-19-7-10-23(15)12-13(2)3;/h7,10,13-14H,4-6,8-9,11-12H2,1-3H3,(H3,18,20,21);1H. The van der Waals surface area contributed by atoms with Crippen LogP contribution in [-0.4, -0.2) is 52.2 Å². The van der Waals surface area contributed by atoms with Crippen molar-refractivity contribution in [2.75, 3.05) is 19.7 Å². The Bertz CT molecular complexity index is 582. The molecule has 0 aromatic carbocycles. The van der Waals surface area contributed by atoms with Gasteiger partial charge in [0.1, 0.15) is 12.4 Å². The Morgan fingerprint density at radius 2 is 2.15 bits per heavy atom. The number of carbonyl (C=O) groups is 1. The van der Waals surface area contributed by atoms with Crippen LogP contribution in [-0.2, 0) is 17.8 Å². The summed E-state index contributed by atoms with van der Waals surface area (Å²) < 4.78 is 7.14. The Balaban J connectivity index is 0.00000338. The molecule has 1 aliphatic heterocycles. The number of halogens is 1. The van der Waals surface area contributed by atoms with Gasteiger partial charge in [0.25, 0.3) is 0 Å². The number of aromatic nitrogens is 2. The fourth-order valence-electron chi connectivity index (χ4n) is 2.88. The number of rotatable bonds is 6. The van der Waals surface area contributed by atoms with Crippen LogP contribution in [0, 0.1) is 5.92 Å². The van der Waals surface area contributed by atoms with Crippen molar-refractivity contribution in [3.63, 3.8) is 0 Å². The first-order valence-corrected chi connectivity index (χ1v) is 8.97. The van der Waals surface area contributed by atoms with Gasteiger partial charge >= 0.3 is 6.09 Å². The third-order valence-corrected chi connectivity index (χ3v) is 4.13. The van der Waals surface area contributed by atoms with Crippen LogP contribution >= 0.6 is 24.0 Å². The molecule has 8 nitrogen and oxygen atoms in total. The first kappa shape index (κ1) is 22.5. The summed E-state index contributed by atoms with van der Waals surface area (Å²) in [4.78, 5) is 22.2. The smallest absolute Gasteiger partial charge is 0.409 e. The van der Waals surface area contributed by atoms with Crippen molar-refractivity contribution >= 4 is 36.0 Å². The predicted octanol–water partition coefficient (Wildman–Crippen LogP) is 2.18. The number of hydrogen-bond donors (Lipinski definition) is 2. The van der Waals surface area contributed by atoms with Gasteiger partial charge in [-0.1, -0.05) is 13.8 Å². The zero-order chi connectivity index (χ0) is 18.2. The number of nitrogens with two attached hydrogens (primary N) is 1. The molecule has 1 aromatic heterocycles. The second kappa shape index (κ2) is 11.2. The molecule has 0 unspecified atom stereocenters. The SMILES string of the molecule is CCOC(=O)N1CCC(NC(N)=NCc2nccn2CC(C)C)CC1.I. The molecule has 9 heteroatoms. The highest BCUT2D eigenvalue weighted by Gasteiger charge is 2.23. The number of imidazole rings is 1. The lowest BCUT2D eigenvalue weighted by molar-refractivity contribution is 0.0963. The average Bonchev–Trinajstić information content (AvgIpc) is 3.00. The number of ether oxygens (including phenoxy) is 1. The maximum Gasteiger partial charge on any atom is 0.409 e. The molecule has 2 heterocycles. The minimum Gasteiger partial charge on any atom is -0.450 e. The Labute approximate surface area is 172 Å². The van der Waals surface area contributed by atoms with Crippen molar-refractivity contribution in [2.24, 2.45) is 16.6 Å². The van der Waals surface area contributed by atoms with Crippen LogP contribution in [0.3, 0.4) is 0 Å². The molecule has 26 heavy (non-hydrogen) atoms. The van der Waals surface area contributed by atoms with Crippen molar-refractivity contribution in [2.45, 2.75) is 52.7 Å². The first-order valence-electron chi connectivity index (χ1n) is 8.97. The number of guanidine groups is 1. The molecular weight excluding hydrogens is 447 g/mol. The van der Waals surface area contributed by atoms with Gasteiger partial charge in [0.15, 0.2) is 5.96 Å². The lowest BCUT2D eigenvalue weighted by Gasteiger charge is -2.31. The molecule has 3 N–H and O–H groups in total. The van der Waals surface area contributed by atoms with Gasteiger partial charge in [-0.3, -0.25) is 0 Å². The van der Waals surface area contributed by atoms with E-state index in [0.717, 1.165) is 25.2 Å². The van der Waals surface area contributed by atoms with E-state index in [9.17, 15) is 4.79 Å². The minimum absolute atomic E-state index is 0. The van der Waals surface area contributed by atoms with E-state index in [1.54, 1.807) is 11.1 Å². The molecule has 1 aliphatic rings. The second-order valence-electron chi connectivity index (χ2n) is 6.70. The van der Waals surface area contributed by atoms with Crippen LogP contribution in [0.25, 0.3) is 0 Å². The first-order chi connectivity index (χ1) is 12.0. The van der Waals surface area contributed by atoms with Gasteiger partial charge in [0.05, 0.1) is 6.61 Å². The highest BCUT2D eigenvalue weighted by molar-refractivity contribution is 14.0. The number of aliphatic imine (C=N–C) groups is 1. The van der Waals surface area contributed by atoms with Crippen LogP contribution in [0.1, 0.15) is 39.4 Å². The fourth-order valence-corrected chi connectivity index (χ4v) is 2.88. The lowest BCUT2D eigenvalue weighted by atomic mass is 10.1. The normalized spacial score (nSPS) is 15.7. The van der Waals surface area contributed by atoms with Gasteiger partial charge in [-0.25, -0.2) is 14.8 Å². The number of carbonyl (C=O) groups excluding carboxylic acids is 1. The maximum absolute atomic E-state index is 11.7. The van der Waals surface area contributed by atoms with E-state index in [1.807, 2.05) is 13.1 Å². The Morgan fingerprint density at radius 1 is 1.46 bits per heavy atom. The van der Waals surface area contributed by atoms with Crippen LogP contribution in [0.15, 0.2) is 17.4 Å². The van der Waals surface area contributed by atoms with Gasteiger partial charge < -0.3 is 25.3 Å². The van der Waals surface area contributed by atoms with E-state index in [4.69, 9.17) is 10.5 Å². The Kier molecular flexibility index (Phi) is 9.74. The van der Waals surface area contributed by atoms with Gasteiger partial charge in [-0.2, -0.15) is 0 Å². The van der Waals surface area contributed by atoms with Gasteiger partial charge in [-0.05, 0) is 25.7 Å². The molecule has 1 amide bonds. The Hall–Kier alpha value is -1.52. The number of hydrogen-bond acceptors (Lipinski definition) is 4. The number of piperidine rings is 1. The number of likely N-dealkylation sites (tertiary alicyclic amines) is 1. The van der Waals surface area contributed by atoms with Crippen molar-refractivity contribution in [1.29, 1.82) is 0 Å². The van der Waals surface area contributed by atoms with Crippen molar-refractivity contribution in [3.8, 4) is 0 Å². The van der Waals surface area contributed by atoms with E-state index in [-0.39, 0.29) is 36.1 Å². The maximum atomic E-state index is 11.7. The molecular formula is C17H31IN6O2. The largest absolute Gasteiger partial charge is 0.450 e. The highest BCUT2D eigenvalue weighted by Crippen LogP contribution is 2.11. The van der Waals surface area contributed by atoms with E-state index >= 15 is 0 Å².